The molecule has 7 heteroatoms. The van der Waals surface area contributed by atoms with Gasteiger partial charge in [0.2, 0.25) is 0 Å². The van der Waals surface area contributed by atoms with Gasteiger partial charge in [-0.1, -0.05) is 6.07 Å². The van der Waals surface area contributed by atoms with Crippen LogP contribution in [0.1, 0.15) is 23.6 Å². The minimum Gasteiger partial charge on any atom is -0.497 e. The zero-order valence-corrected chi connectivity index (χ0v) is 10.4. The summed E-state index contributed by atoms with van der Waals surface area (Å²) in [5.74, 6) is 0.0912. The van der Waals surface area contributed by atoms with E-state index in [2.05, 4.69) is 0 Å². The molecule has 1 rings (SSSR count). The smallest absolute Gasteiger partial charge is 0.416 e. The van der Waals surface area contributed by atoms with E-state index < -0.39 is 24.5 Å². The van der Waals surface area contributed by atoms with Crippen LogP contribution in [-0.2, 0) is 6.18 Å². The van der Waals surface area contributed by atoms with E-state index in [0.29, 0.717) is 0 Å². The van der Waals surface area contributed by atoms with Gasteiger partial charge in [-0.25, -0.2) is 0 Å². The Hall–Kier alpha value is -1.01. The molecule has 0 aliphatic heterocycles. The van der Waals surface area contributed by atoms with Crippen LogP contribution >= 0.6 is 12.4 Å². The van der Waals surface area contributed by atoms with Crippen LogP contribution in [0.25, 0.3) is 0 Å². The van der Waals surface area contributed by atoms with E-state index in [4.69, 9.17) is 10.5 Å². The first-order valence-electron chi connectivity index (χ1n) is 4.96. The van der Waals surface area contributed by atoms with Crippen molar-refractivity contribution in [3.05, 3.63) is 29.3 Å². The Bertz CT molecular complexity index is 384. The summed E-state index contributed by atoms with van der Waals surface area (Å²) in [6, 6.07) is 2.50. The number of methoxy groups -OCH3 is 1. The van der Waals surface area contributed by atoms with Crippen molar-refractivity contribution in [2.45, 2.75) is 18.6 Å². The van der Waals surface area contributed by atoms with Crippen LogP contribution in [0, 0.1) is 0 Å². The van der Waals surface area contributed by atoms with Crippen LogP contribution in [0.15, 0.2) is 18.2 Å². The number of hydrogen-bond donors (Lipinski definition) is 1. The Labute approximate surface area is 109 Å². The van der Waals surface area contributed by atoms with Gasteiger partial charge in [0.05, 0.1) is 19.3 Å². The number of rotatable bonds is 4. The molecule has 2 N–H and O–H groups in total. The predicted molar refractivity (Wildman–Crippen MR) is 62.8 cm³/mol. The topological polar surface area (TPSA) is 35.2 Å². The summed E-state index contributed by atoms with van der Waals surface area (Å²) in [5, 5.41) is 0. The Kier molecular flexibility index (Phi) is 6.42. The molecule has 0 saturated carbocycles. The summed E-state index contributed by atoms with van der Waals surface area (Å²) >= 11 is 0. The maximum atomic E-state index is 12.8. The van der Waals surface area contributed by atoms with Crippen molar-refractivity contribution in [3.63, 3.8) is 0 Å². The summed E-state index contributed by atoms with van der Waals surface area (Å²) in [4.78, 5) is 0. The lowest BCUT2D eigenvalue weighted by atomic mass is 9.98. The Morgan fingerprint density at radius 2 is 1.94 bits per heavy atom. The summed E-state index contributed by atoms with van der Waals surface area (Å²) in [7, 11) is 1.27. The highest BCUT2D eigenvalue weighted by Gasteiger charge is 2.35. The van der Waals surface area contributed by atoms with Crippen molar-refractivity contribution in [3.8, 4) is 5.75 Å². The quantitative estimate of drug-likeness (QED) is 0.860. The molecule has 0 saturated heterocycles. The number of ether oxygens (including phenoxy) is 1. The molecule has 0 fully saturated rings. The standard InChI is InChI=1S/C11H13F4NO.ClH/c1-17-7-2-3-8(10(16)4-5-12)9(6-7)11(13,14)15;/h2-3,6,10H,4-5,16H2,1H3;1H/t10-;/m0./s1. The lowest BCUT2D eigenvalue weighted by molar-refractivity contribution is -0.138. The van der Waals surface area contributed by atoms with E-state index in [1.807, 2.05) is 0 Å². The van der Waals surface area contributed by atoms with Crippen LogP contribution in [0.4, 0.5) is 17.6 Å². The highest BCUT2D eigenvalue weighted by molar-refractivity contribution is 5.85. The van der Waals surface area contributed by atoms with Crippen molar-refractivity contribution < 1.29 is 22.3 Å². The molecule has 0 aliphatic carbocycles. The van der Waals surface area contributed by atoms with Gasteiger partial charge in [0, 0.05) is 6.04 Å². The predicted octanol–water partition coefficient (Wildman–Crippen LogP) is 3.50. The molecule has 0 aromatic heterocycles. The van der Waals surface area contributed by atoms with Crippen LogP contribution in [0.3, 0.4) is 0 Å². The average Bonchev–Trinajstić information content (AvgIpc) is 2.27. The van der Waals surface area contributed by atoms with E-state index >= 15 is 0 Å². The largest absolute Gasteiger partial charge is 0.497 e. The molecule has 18 heavy (non-hydrogen) atoms. The lowest BCUT2D eigenvalue weighted by Gasteiger charge is -2.18. The first-order chi connectivity index (χ1) is 7.90. The van der Waals surface area contributed by atoms with E-state index in [1.165, 1.54) is 19.2 Å². The molecule has 2 nitrogen and oxygen atoms in total. The van der Waals surface area contributed by atoms with E-state index in [1.54, 1.807) is 0 Å². The molecular weight excluding hydrogens is 274 g/mol. The fourth-order valence-corrected chi connectivity index (χ4v) is 1.50. The Morgan fingerprint density at radius 1 is 1.33 bits per heavy atom. The second-order valence-corrected chi connectivity index (χ2v) is 3.54. The van der Waals surface area contributed by atoms with Crippen LogP contribution in [0.2, 0.25) is 0 Å². The summed E-state index contributed by atoms with van der Waals surface area (Å²) in [6.07, 6.45) is -4.67. The molecule has 0 unspecified atom stereocenters. The SMILES string of the molecule is COc1ccc([C@@H](N)CCF)c(C(F)(F)F)c1.Cl. The van der Waals surface area contributed by atoms with E-state index in [0.717, 1.165) is 6.07 Å². The first-order valence-corrected chi connectivity index (χ1v) is 4.96. The monoisotopic (exact) mass is 287 g/mol. The minimum atomic E-state index is -4.53. The molecule has 0 spiro atoms. The van der Waals surface area contributed by atoms with Gasteiger partial charge in [-0.2, -0.15) is 13.2 Å². The van der Waals surface area contributed by atoms with Gasteiger partial charge in [0.15, 0.2) is 0 Å². The zero-order chi connectivity index (χ0) is 13.1. The van der Waals surface area contributed by atoms with Crippen LogP contribution in [0.5, 0.6) is 5.75 Å². The molecule has 1 aromatic carbocycles. The van der Waals surface area contributed by atoms with Crippen molar-refractivity contribution in [2.24, 2.45) is 5.73 Å². The average molecular weight is 288 g/mol. The Balaban J connectivity index is 0.00000289. The van der Waals surface area contributed by atoms with Crippen molar-refractivity contribution in [1.82, 2.24) is 0 Å². The number of nitrogens with two attached hydrogens (primary N) is 1. The number of alkyl halides is 4. The van der Waals surface area contributed by atoms with Gasteiger partial charge in [-0.05, 0) is 24.1 Å². The minimum absolute atomic E-state index is 0. The van der Waals surface area contributed by atoms with Crippen molar-refractivity contribution >= 4 is 12.4 Å². The van der Waals surface area contributed by atoms with E-state index in [9.17, 15) is 17.6 Å². The second kappa shape index (κ2) is 6.80. The number of hydrogen-bond acceptors (Lipinski definition) is 2. The fraction of sp³-hybridized carbons (Fsp3) is 0.455. The highest BCUT2D eigenvalue weighted by atomic mass is 35.5. The maximum Gasteiger partial charge on any atom is 0.416 e. The lowest BCUT2D eigenvalue weighted by Crippen LogP contribution is -2.18. The second-order valence-electron chi connectivity index (χ2n) is 3.54. The number of benzene rings is 1. The highest BCUT2D eigenvalue weighted by Crippen LogP contribution is 2.36. The molecule has 1 atom stereocenters. The molecule has 0 radical (unpaired) electrons. The third kappa shape index (κ3) is 4.03. The van der Waals surface area contributed by atoms with Crippen molar-refractivity contribution in [2.75, 3.05) is 13.8 Å². The van der Waals surface area contributed by atoms with Crippen LogP contribution in [-0.4, -0.2) is 13.8 Å². The first kappa shape index (κ1) is 17.0. The van der Waals surface area contributed by atoms with E-state index in [-0.39, 0.29) is 30.1 Å². The van der Waals surface area contributed by atoms with Gasteiger partial charge in [0.25, 0.3) is 0 Å². The van der Waals surface area contributed by atoms with Gasteiger partial charge >= 0.3 is 6.18 Å². The maximum absolute atomic E-state index is 12.8. The molecule has 0 aliphatic rings. The molecule has 0 heterocycles. The molecule has 104 valence electrons. The normalized spacial score (nSPS) is 12.8. The van der Waals surface area contributed by atoms with Gasteiger partial charge < -0.3 is 10.5 Å². The molecule has 1 aromatic rings. The third-order valence-corrected chi connectivity index (χ3v) is 2.39. The van der Waals surface area contributed by atoms with Gasteiger partial charge in [-0.3, -0.25) is 4.39 Å². The summed E-state index contributed by atoms with van der Waals surface area (Å²) in [5.41, 5.74) is 4.52. The molecule has 0 amide bonds. The Morgan fingerprint density at radius 3 is 2.39 bits per heavy atom. The fourth-order valence-electron chi connectivity index (χ4n) is 1.50. The third-order valence-electron chi connectivity index (χ3n) is 2.39. The zero-order valence-electron chi connectivity index (χ0n) is 9.63. The van der Waals surface area contributed by atoms with Gasteiger partial charge in [-0.15, -0.1) is 12.4 Å². The van der Waals surface area contributed by atoms with Crippen LogP contribution < -0.4 is 10.5 Å². The summed E-state index contributed by atoms with van der Waals surface area (Å²) in [6.45, 7) is -0.759. The summed E-state index contributed by atoms with van der Waals surface area (Å²) < 4.78 is 55.1. The molecule has 0 bridgehead atoms. The van der Waals surface area contributed by atoms with Crippen molar-refractivity contribution in [1.29, 1.82) is 0 Å². The van der Waals surface area contributed by atoms with Gasteiger partial charge in [0.1, 0.15) is 5.75 Å². The number of halogens is 5. The molecular formula is C11H14ClF4NO.